The van der Waals surface area contributed by atoms with Gasteiger partial charge in [0.05, 0.1) is 13.7 Å². The minimum Gasteiger partial charge on any atom is -0.464 e. The van der Waals surface area contributed by atoms with Gasteiger partial charge >= 0.3 is 5.97 Å². The lowest BCUT2D eigenvalue weighted by Gasteiger charge is -2.18. The molecule has 148 valence electrons. The largest absolute Gasteiger partial charge is 0.464 e. The molecule has 0 aliphatic carbocycles. The molecule has 2 aromatic carbocycles. The first-order valence-electron chi connectivity index (χ1n) is 8.86. The number of rotatable bonds is 6. The number of methoxy groups -OCH3 is 1. The minimum absolute atomic E-state index is 0.0762. The summed E-state index contributed by atoms with van der Waals surface area (Å²) in [6, 6.07) is 13.3. The molecule has 0 saturated heterocycles. The number of esters is 1. The summed E-state index contributed by atoms with van der Waals surface area (Å²) >= 11 is 0. The number of nitrogens with zero attached hydrogens (tertiary/aromatic N) is 1. The third-order valence-electron chi connectivity index (χ3n) is 4.74. The molecule has 1 aliphatic heterocycles. The van der Waals surface area contributed by atoms with E-state index in [0.717, 1.165) is 22.4 Å². The summed E-state index contributed by atoms with van der Waals surface area (Å²) in [5, 5.41) is 5.37. The Morgan fingerprint density at radius 3 is 2.34 bits per heavy atom. The van der Waals surface area contributed by atoms with Crippen LogP contribution in [0.25, 0.3) is 11.1 Å². The number of amides is 2. The van der Waals surface area contributed by atoms with Gasteiger partial charge in [0.15, 0.2) is 0 Å². The standard InChI is InChI=1S/C22H21N3O4/c1-13(22(28)29-4)24-20(26)14(2)25-12-19-17(6-5-7-18(19)21(25)27)15-8-10-16(23-3)11-9-15/h5-11,23H,1-2,12H2,3-4H3,(H,24,26). The number of benzene rings is 2. The summed E-state index contributed by atoms with van der Waals surface area (Å²) in [5.41, 5.74) is 3.88. The maximum Gasteiger partial charge on any atom is 0.353 e. The van der Waals surface area contributed by atoms with Crippen molar-refractivity contribution in [2.45, 2.75) is 6.54 Å². The van der Waals surface area contributed by atoms with E-state index in [4.69, 9.17) is 0 Å². The normalized spacial score (nSPS) is 12.2. The maximum absolute atomic E-state index is 12.9. The van der Waals surface area contributed by atoms with Crippen LogP contribution in [0.3, 0.4) is 0 Å². The van der Waals surface area contributed by atoms with E-state index in [1.54, 1.807) is 6.07 Å². The van der Waals surface area contributed by atoms with Crippen molar-refractivity contribution in [1.29, 1.82) is 0 Å². The highest BCUT2D eigenvalue weighted by Crippen LogP contribution is 2.34. The lowest BCUT2D eigenvalue weighted by Crippen LogP contribution is -2.36. The Bertz CT molecular complexity index is 1020. The van der Waals surface area contributed by atoms with Crippen LogP contribution in [-0.4, -0.2) is 36.8 Å². The van der Waals surface area contributed by atoms with Crippen LogP contribution in [-0.2, 0) is 20.9 Å². The first kappa shape index (κ1) is 19.9. The van der Waals surface area contributed by atoms with Crippen molar-refractivity contribution in [2.75, 3.05) is 19.5 Å². The monoisotopic (exact) mass is 391 g/mol. The summed E-state index contributed by atoms with van der Waals surface area (Å²) in [4.78, 5) is 38.0. The fourth-order valence-corrected chi connectivity index (χ4v) is 3.14. The minimum atomic E-state index is -0.769. The summed E-state index contributed by atoms with van der Waals surface area (Å²) in [6.45, 7) is 7.37. The van der Waals surface area contributed by atoms with Crippen LogP contribution < -0.4 is 10.6 Å². The predicted molar refractivity (Wildman–Crippen MR) is 110 cm³/mol. The Balaban J connectivity index is 1.85. The topological polar surface area (TPSA) is 87.7 Å². The highest BCUT2D eigenvalue weighted by molar-refractivity contribution is 6.07. The maximum atomic E-state index is 12.9. The quantitative estimate of drug-likeness (QED) is 0.584. The van der Waals surface area contributed by atoms with Gasteiger partial charge in [0.25, 0.3) is 11.8 Å². The van der Waals surface area contributed by atoms with Gasteiger partial charge in [-0.1, -0.05) is 37.4 Å². The molecule has 0 atom stereocenters. The molecule has 7 nitrogen and oxygen atoms in total. The first-order chi connectivity index (χ1) is 13.9. The van der Waals surface area contributed by atoms with Gasteiger partial charge in [0.2, 0.25) is 0 Å². The van der Waals surface area contributed by atoms with Crippen LogP contribution in [0.15, 0.2) is 67.0 Å². The summed E-state index contributed by atoms with van der Waals surface area (Å²) in [7, 11) is 3.02. The van der Waals surface area contributed by atoms with Crippen molar-refractivity contribution in [3.63, 3.8) is 0 Å². The zero-order valence-electron chi connectivity index (χ0n) is 16.2. The predicted octanol–water partition coefficient (Wildman–Crippen LogP) is 2.67. The molecular weight excluding hydrogens is 370 g/mol. The molecule has 2 N–H and O–H groups in total. The molecule has 29 heavy (non-hydrogen) atoms. The lowest BCUT2D eigenvalue weighted by molar-refractivity contribution is -0.137. The Morgan fingerprint density at radius 1 is 1.07 bits per heavy atom. The third kappa shape index (κ3) is 3.75. The molecule has 0 unspecified atom stereocenters. The molecule has 1 aliphatic rings. The lowest BCUT2D eigenvalue weighted by atomic mass is 9.97. The van der Waals surface area contributed by atoms with Crippen molar-refractivity contribution in [3.8, 4) is 11.1 Å². The van der Waals surface area contributed by atoms with Gasteiger partial charge in [0.1, 0.15) is 11.4 Å². The van der Waals surface area contributed by atoms with Crippen molar-refractivity contribution in [2.24, 2.45) is 0 Å². The second kappa shape index (κ2) is 8.02. The number of anilines is 1. The van der Waals surface area contributed by atoms with Gasteiger partial charge in [-0.15, -0.1) is 0 Å². The van der Waals surface area contributed by atoms with E-state index in [0.29, 0.717) is 5.56 Å². The van der Waals surface area contributed by atoms with Crippen molar-refractivity contribution in [3.05, 3.63) is 78.1 Å². The van der Waals surface area contributed by atoms with Crippen LogP contribution >= 0.6 is 0 Å². The number of hydrogen-bond donors (Lipinski definition) is 2. The molecule has 0 saturated carbocycles. The number of carbonyl (C=O) groups is 3. The van der Waals surface area contributed by atoms with E-state index in [9.17, 15) is 14.4 Å². The summed E-state index contributed by atoms with van der Waals surface area (Å²) in [6.07, 6.45) is 0. The highest BCUT2D eigenvalue weighted by Gasteiger charge is 2.33. The fourth-order valence-electron chi connectivity index (χ4n) is 3.14. The Morgan fingerprint density at radius 2 is 1.72 bits per heavy atom. The highest BCUT2D eigenvalue weighted by atomic mass is 16.5. The van der Waals surface area contributed by atoms with Gasteiger partial charge in [0, 0.05) is 18.3 Å². The molecular formula is C22H21N3O4. The average Bonchev–Trinajstić information content (AvgIpc) is 3.09. The molecule has 2 aromatic rings. The Hall–Kier alpha value is -3.87. The summed E-state index contributed by atoms with van der Waals surface area (Å²) < 4.78 is 4.50. The van der Waals surface area contributed by atoms with Gasteiger partial charge < -0.3 is 15.4 Å². The Kier molecular flexibility index (Phi) is 5.50. The van der Waals surface area contributed by atoms with Crippen molar-refractivity contribution < 1.29 is 19.1 Å². The molecule has 2 amide bonds. The van der Waals surface area contributed by atoms with E-state index < -0.39 is 11.9 Å². The fraction of sp³-hybridized carbons (Fsp3) is 0.136. The number of carbonyl (C=O) groups excluding carboxylic acids is 3. The smallest absolute Gasteiger partial charge is 0.353 e. The van der Waals surface area contributed by atoms with E-state index >= 15 is 0 Å². The van der Waals surface area contributed by atoms with Crippen molar-refractivity contribution in [1.82, 2.24) is 10.2 Å². The number of ether oxygens (including phenoxy) is 1. The molecule has 0 fully saturated rings. The van der Waals surface area contributed by atoms with E-state index in [1.165, 1.54) is 12.0 Å². The van der Waals surface area contributed by atoms with Gasteiger partial charge in [-0.05, 0) is 34.9 Å². The zero-order chi connectivity index (χ0) is 21.1. The van der Waals surface area contributed by atoms with Crippen molar-refractivity contribution >= 4 is 23.5 Å². The van der Waals surface area contributed by atoms with E-state index in [2.05, 4.69) is 28.5 Å². The zero-order valence-corrected chi connectivity index (χ0v) is 16.2. The number of fused-ring (bicyclic) bond motifs is 1. The molecule has 3 rings (SSSR count). The second-order valence-electron chi connectivity index (χ2n) is 6.42. The number of nitrogens with one attached hydrogen (secondary N) is 2. The molecule has 7 heteroatoms. The van der Waals surface area contributed by atoms with E-state index in [1.807, 2.05) is 43.4 Å². The third-order valence-corrected chi connectivity index (χ3v) is 4.74. The van der Waals surface area contributed by atoms with Crippen LogP contribution in [0.4, 0.5) is 5.69 Å². The second-order valence-corrected chi connectivity index (χ2v) is 6.42. The van der Waals surface area contributed by atoms with Crippen LogP contribution in [0, 0.1) is 0 Å². The molecule has 0 bridgehead atoms. The van der Waals surface area contributed by atoms with E-state index in [-0.39, 0.29) is 23.8 Å². The number of hydrogen-bond acceptors (Lipinski definition) is 5. The molecule has 0 aromatic heterocycles. The van der Waals surface area contributed by atoms with Gasteiger partial charge in [-0.25, -0.2) is 4.79 Å². The van der Waals surface area contributed by atoms with Crippen LogP contribution in [0.1, 0.15) is 15.9 Å². The Labute approximate surface area is 168 Å². The molecule has 0 radical (unpaired) electrons. The average molecular weight is 391 g/mol. The first-order valence-corrected chi connectivity index (χ1v) is 8.86. The van der Waals surface area contributed by atoms with Gasteiger partial charge in [-0.3, -0.25) is 14.5 Å². The van der Waals surface area contributed by atoms with Gasteiger partial charge in [-0.2, -0.15) is 0 Å². The summed E-state index contributed by atoms with van der Waals surface area (Å²) in [5.74, 6) is -1.78. The van der Waals surface area contributed by atoms with Crippen LogP contribution in [0.2, 0.25) is 0 Å². The molecule has 1 heterocycles. The molecule has 0 spiro atoms. The SMILES string of the molecule is C=C(NC(=O)C(=C)N1Cc2c(cccc2-c2ccc(NC)cc2)C1=O)C(=O)OC. The van der Waals surface area contributed by atoms with Crippen LogP contribution in [0.5, 0.6) is 0 Å².